The van der Waals surface area contributed by atoms with Crippen molar-refractivity contribution < 1.29 is 14.3 Å². The molecule has 0 bridgehead atoms. The van der Waals surface area contributed by atoms with Gasteiger partial charge in [0.15, 0.2) is 6.61 Å². The third-order valence-electron chi connectivity index (χ3n) is 2.38. The number of ether oxygens (including phenoxy) is 1. The second-order valence-corrected chi connectivity index (χ2v) is 4.90. The van der Waals surface area contributed by atoms with E-state index < -0.39 is 18.5 Å². The molecule has 1 aromatic carbocycles. The van der Waals surface area contributed by atoms with Crippen molar-refractivity contribution in [2.24, 2.45) is 0 Å². The van der Waals surface area contributed by atoms with Crippen LogP contribution in [0, 0.1) is 0 Å². The van der Waals surface area contributed by atoms with Crippen LogP contribution >= 0.6 is 23.2 Å². The highest BCUT2D eigenvalue weighted by molar-refractivity contribution is 6.35. The van der Waals surface area contributed by atoms with Crippen molar-refractivity contribution in [3.05, 3.63) is 58.3 Å². The first kappa shape index (κ1) is 15.3. The topological polar surface area (TPSA) is 68.3 Å². The molecule has 0 fully saturated rings. The average molecular weight is 325 g/mol. The van der Waals surface area contributed by atoms with Crippen LogP contribution in [0.4, 0.5) is 5.69 Å². The molecule has 21 heavy (non-hydrogen) atoms. The zero-order valence-electron chi connectivity index (χ0n) is 10.7. The Morgan fingerprint density at radius 1 is 1.19 bits per heavy atom. The van der Waals surface area contributed by atoms with Gasteiger partial charge in [-0.25, -0.2) is 4.79 Å². The number of pyridine rings is 1. The van der Waals surface area contributed by atoms with Crippen LogP contribution in [-0.4, -0.2) is 23.5 Å². The fourth-order valence-electron chi connectivity index (χ4n) is 1.52. The number of carbonyl (C=O) groups excluding carboxylic acids is 2. The number of benzene rings is 1. The van der Waals surface area contributed by atoms with Crippen molar-refractivity contribution in [1.82, 2.24) is 4.98 Å². The molecule has 0 aliphatic rings. The fourth-order valence-corrected chi connectivity index (χ4v) is 2.05. The lowest BCUT2D eigenvalue weighted by atomic mass is 10.3. The van der Waals surface area contributed by atoms with E-state index in [9.17, 15) is 9.59 Å². The monoisotopic (exact) mass is 324 g/mol. The third kappa shape index (κ3) is 4.73. The summed E-state index contributed by atoms with van der Waals surface area (Å²) in [6.07, 6.45) is 2.89. The van der Waals surface area contributed by atoms with Gasteiger partial charge >= 0.3 is 5.97 Å². The predicted molar refractivity (Wildman–Crippen MR) is 79.6 cm³/mol. The van der Waals surface area contributed by atoms with E-state index in [2.05, 4.69) is 10.3 Å². The largest absolute Gasteiger partial charge is 0.452 e. The van der Waals surface area contributed by atoms with Gasteiger partial charge in [-0.3, -0.25) is 9.78 Å². The molecule has 1 aromatic heterocycles. The molecule has 1 N–H and O–H groups in total. The molecular weight excluding hydrogens is 315 g/mol. The lowest BCUT2D eigenvalue weighted by Gasteiger charge is -2.07. The summed E-state index contributed by atoms with van der Waals surface area (Å²) in [4.78, 5) is 27.1. The minimum Gasteiger partial charge on any atom is -0.452 e. The van der Waals surface area contributed by atoms with Gasteiger partial charge in [0.05, 0.1) is 5.56 Å². The highest BCUT2D eigenvalue weighted by Gasteiger charge is 2.10. The first-order valence-corrected chi connectivity index (χ1v) is 6.63. The van der Waals surface area contributed by atoms with E-state index in [1.807, 2.05) is 0 Å². The number of hydrogen-bond acceptors (Lipinski definition) is 4. The lowest BCUT2D eigenvalue weighted by molar-refractivity contribution is -0.119. The molecule has 1 heterocycles. The van der Waals surface area contributed by atoms with Crippen molar-refractivity contribution >= 4 is 40.8 Å². The Kier molecular flexibility index (Phi) is 5.14. The van der Waals surface area contributed by atoms with Crippen LogP contribution in [0.3, 0.4) is 0 Å². The quantitative estimate of drug-likeness (QED) is 0.877. The van der Waals surface area contributed by atoms with Gasteiger partial charge < -0.3 is 10.1 Å². The number of hydrogen-bond donors (Lipinski definition) is 1. The van der Waals surface area contributed by atoms with E-state index in [4.69, 9.17) is 27.9 Å². The zero-order chi connectivity index (χ0) is 15.2. The minimum absolute atomic E-state index is 0.274. The van der Waals surface area contributed by atoms with Gasteiger partial charge in [0.2, 0.25) is 0 Å². The molecule has 0 aliphatic heterocycles. The highest BCUT2D eigenvalue weighted by Crippen LogP contribution is 2.22. The zero-order valence-corrected chi connectivity index (χ0v) is 12.2. The van der Waals surface area contributed by atoms with Crippen molar-refractivity contribution in [1.29, 1.82) is 0 Å². The first-order chi connectivity index (χ1) is 10.0. The third-order valence-corrected chi connectivity index (χ3v) is 2.81. The van der Waals surface area contributed by atoms with Crippen molar-refractivity contribution in [3.8, 4) is 0 Å². The molecule has 7 heteroatoms. The minimum atomic E-state index is -0.623. The van der Waals surface area contributed by atoms with Gasteiger partial charge in [-0.05, 0) is 30.3 Å². The van der Waals surface area contributed by atoms with E-state index in [0.717, 1.165) is 0 Å². The van der Waals surface area contributed by atoms with Crippen LogP contribution in [0.15, 0.2) is 42.7 Å². The molecule has 0 unspecified atom stereocenters. The number of carbonyl (C=O) groups is 2. The Morgan fingerprint density at radius 3 is 2.52 bits per heavy atom. The average Bonchev–Trinajstić information content (AvgIpc) is 2.44. The summed E-state index contributed by atoms with van der Waals surface area (Å²) in [7, 11) is 0. The normalized spacial score (nSPS) is 10.0. The van der Waals surface area contributed by atoms with Crippen LogP contribution in [0.25, 0.3) is 0 Å². The van der Waals surface area contributed by atoms with Gasteiger partial charge in [0, 0.05) is 28.1 Å². The molecule has 0 saturated carbocycles. The first-order valence-electron chi connectivity index (χ1n) is 5.88. The Morgan fingerprint density at radius 2 is 1.90 bits per heavy atom. The van der Waals surface area contributed by atoms with E-state index in [-0.39, 0.29) is 5.56 Å². The maximum atomic E-state index is 11.7. The maximum Gasteiger partial charge on any atom is 0.340 e. The predicted octanol–water partition coefficient (Wildman–Crippen LogP) is 3.18. The molecular formula is C14H10Cl2N2O3. The molecule has 0 spiro atoms. The molecule has 0 radical (unpaired) electrons. The molecule has 0 atom stereocenters. The summed E-state index contributed by atoms with van der Waals surface area (Å²) in [6, 6.07) is 7.76. The number of rotatable bonds is 4. The van der Waals surface area contributed by atoms with Crippen molar-refractivity contribution in [3.63, 3.8) is 0 Å². The summed E-state index contributed by atoms with van der Waals surface area (Å²) in [5, 5.41) is 3.32. The summed E-state index contributed by atoms with van der Waals surface area (Å²) < 4.78 is 4.87. The maximum absolute atomic E-state index is 11.7. The Balaban J connectivity index is 1.89. The molecule has 5 nitrogen and oxygen atoms in total. The molecule has 0 saturated heterocycles. The van der Waals surface area contributed by atoms with Gasteiger partial charge in [-0.15, -0.1) is 0 Å². The van der Waals surface area contributed by atoms with Gasteiger partial charge in [0.1, 0.15) is 0 Å². The smallest absolute Gasteiger partial charge is 0.340 e. The number of nitrogens with one attached hydrogen (secondary N) is 1. The van der Waals surface area contributed by atoms with Gasteiger partial charge in [-0.2, -0.15) is 0 Å². The second-order valence-electron chi connectivity index (χ2n) is 4.02. The fraction of sp³-hybridized carbons (Fsp3) is 0.0714. The van der Waals surface area contributed by atoms with Crippen LogP contribution in [0.5, 0.6) is 0 Å². The molecule has 2 rings (SSSR count). The number of amides is 1. The number of esters is 1. The molecule has 1 amide bonds. The molecule has 108 valence electrons. The number of anilines is 1. The van der Waals surface area contributed by atoms with Crippen LogP contribution in [0.2, 0.25) is 10.0 Å². The lowest BCUT2D eigenvalue weighted by Crippen LogP contribution is -2.21. The van der Waals surface area contributed by atoms with Crippen LogP contribution in [-0.2, 0) is 9.53 Å². The van der Waals surface area contributed by atoms with E-state index >= 15 is 0 Å². The van der Waals surface area contributed by atoms with Crippen LogP contribution < -0.4 is 5.32 Å². The van der Waals surface area contributed by atoms with E-state index in [1.54, 1.807) is 18.2 Å². The Labute approximate surface area is 130 Å². The highest BCUT2D eigenvalue weighted by atomic mass is 35.5. The number of halogens is 2. The van der Waals surface area contributed by atoms with E-state index in [1.165, 1.54) is 24.5 Å². The Hall–Kier alpha value is -2.11. The van der Waals surface area contributed by atoms with Gasteiger partial charge in [-0.1, -0.05) is 23.2 Å². The standard InChI is InChI=1S/C14H10Cl2N2O3/c15-10-4-11(16)6-12(5-10)18-13(19)8-21-14(20)9-2-1-3-17-7-9/h1-7H,8H2,(H,18,19). The Bertz CT molecular complexity index is 642. The molecule has 0 aliphatic carbocycles. The summed E-state index contributed by atoms with van der Waals surface area (Å²) in [6.45, 7) is -0.419. The molecule has 2 aromatic rings. The summed E-state index contributed by atoms with van der Waals surface area (Å²) >= 11 is 11.6. The van der Waals surface area contributed by atoms with Gasteiger partial charge in [0.25, 0.3) is 5.91 Å². The second kappa shape index (κ2) is 7.06. The summed E-state index contributed by atoms with van der Waals surface area (Å²) in [5.74, 6) is -1.12. The van der Waals surface area contributed by atoms with Crippen LogP contribution in [0.1, 0.15) is 10.4 Å². The number of nitrogens with zero attached hydrogens (tertiary/aromatic N) is 1. The SMILES string of the molecule is O=C(COC(=O)c1cccnc1)Nc1cc(Cl)cc(Cl)c1. The van der Waals surface area contributed by atoms with E-state index in [0.29, 0.717) is 15.7 Å². The summed E-state index contributed by atoms with van der Waals surface area (Å²) in [5.41, 5.74) is 0.700. The van der Waals surface area contributed by atoms with Crippen molar-refractivity contribution in [2.75, 3.05) is 11.9 Å². The number of aromatic nitrogens is 1. The van der Waals surface area contributed by atoms with Crippen molar-refractivity contribution in [2.45, 2.75) is 0 Å².